The fourth-order valence-corrected chi connectivity index (χ4v) is 5.69. The SMILES string of the molecule is COc1cc([C@@H]2[C@H]3CCCC[C@@]3(O)CCN2C(=O)c2cccc(NC(C)=O)c2)cc(OC)c1OC. The maximum Gasteiger partial charge on any atom is 0.254 e. The minimum absolute atomic E-state index is 0.129. The van der Waals surface area contributed by atoms with Crippen molar-refractivity contribution in [2.45, 2.75) is 50.7 Å². The summed E-state index contributed by atoms with van der Waals surface area (Å²) in [5.41, 5.74) is 1.04. The highest BCUT2D eigenvalue weighted by molar-refractivity contribution is 5.97. The van der Waals surface area contributed by atoms with E-state index in [1.54, 1.807) is 45.6 Å². The first-order valence-electron chi connectivity index (χ1n) is 12.0. The lowest BCUT2D eigenvalue weighted by Gasteiger charge is -2.52. The zero-order valence-corrected chi connectivity index (χ0v) is 20.8. The predicted molar refractivity (Wildman–Crippen MR) is 132 cm³/mol. The van der Waals surface area contributed by atoms with Gasteiger partial charge in [-0.25, -0.2) is 0 Å². The first-order valence-corrected chi connectivity index (χ1v) is 12.0. The summed E-state index contributed by atoms with van der Waals surface area (Å²) in [4.78, 5) is 27.3. The number of carbonyl (C=O) groups excluding carboxylic acids is 2. The van der Waals surface area contributed by atoms with E-state index in [2.05, 4.69) is 5.32 Å². The van der Waals surface area contributed by atoms with Gasteiger partial charge in [0.15, 0.2) is 11.5 Å². The van der Waals surface area contributed by atoms with Crippen molar-refractivity contribution in [2.75, 3.05) is 33.2 Å². The highest BCUT2D eigenvalue weighted by atomic mass is 16.5. The molecule has 4 rings (SSSR count). The van der Waals surface area contributed by atoms with Gasteiger partial charge >= 0.3 is 0 Å². The van der Waals surface area contributed by atoms with Crippen molar-refractivity contribution < 1.29 is 28.9 Å². The normalized spacial score (nSPS) is 23.7. The minimum atomic E-state index is -0.835. The van der Waals surface area contributed by atoms with Crippen LogP contribution >= 0.6 is 0 Å². The average molecular weight is 483 g/mol. The number of methoxy groups -OCH3 is 3. The van der Waals surface area contributed by atoms with E-state index in [4.69, 9.17) is 14.2 Å². The molecule has 0 bridgehead atoms. The molecule has 2 N–H and O–H groups in total. The summed E-state index contributed by atoms with van der Waals surface area (Å²) in [6.07, 6.45) is 4.03. The Hall–Kier alpha value is -3.26. The van der Waals surface area contributed by atoms with E-state index in [1.165, 1.54) is 6.92 Å². The van der Waals surface area contributed by atoms with Crippen molar-refractivity contribution in [1.29, 1.82) is 0 Å². The third-order valence-electron chi connectivity index (χ3n) is 7.29. The van der Waals surface area contributed by atoms with Gasteiger partial charge in [0.05, 0.1) is 33.0 Å². The molecule has 0 aromatic heterocycles. The van der Waals surface area contributed by atoms with Gasteiger partial charge in [0.25, 0.3) is 5.91 Å². The number of rotatable bonds is 6. The zero-order chi connectivity index (χ0) is 25.2. The molecular formula is C27H34N2O6. The second-order valence-corrected chi connectivity index (χ2v) is 9.37. The Morgan fingerprint density at radius 3 is 2.37 bits per heavy atom. The number of ether oxygens (including phenoxy) is 3. The molecular weight excluding hydrogens is 448 g/mol. The second-order valence-electron chi connectivity index (χ2n) is 9.37. The minimum Gasteiger partial charge on any atom is -0.493 e. The molecule has 1 saturated carbocycles. The number of benzene rings is 2. The molecule has 8 heteroatoms. The molecule has 2 aromatic carbocycles. The highest BCUT2D eigenvalue weighted by Gasteiger charge is 2.50. The number of aliphatic hydroxyl groups is 1. The van der Waals surface area contributed by atoms with Crippen molar-refractivity contribution in [2.24, 2.45) is 5.92 Å². The topological polar surface area (TPSA) is 97.3 Å². The first kappa shape index (κ1) is 24.9. The number of hydrogen-bond donors (Lipinski definition) is 2. The maximum absolute atomic E-state index is 13.9. The molecule has 188 valence electrons. The van der Waals surface area contributed by atoms with Crippen molar-refractivity contribution in [3.8, 4) is 17.2 Å². The van der Waals surface area contributed by atoms with Crippen LogP contribution in [0.1, 0.15) is 61.0 Å². The van der Waals surface area contributed by atoms with Crippen LogP contribution in [0.5, 0.6) is 17.2 Å². The van der Waals surface area contributed by atoms with Crippen LogP contribution in [0.25, 0.3) is 0 Å². The van der Waals surface area contributed by atoms with Crippen LogP contribution < -0.4 is 19.5 Å². The summed E-state index contributed by atoms with van der Waals surface area (Å²) in [6, 6.07) is 10.3. The van der Waals surface area contributed by atoms with Gasteiger partial charge in [0.1, 0.15) is 0 Å². The molecule has 1 aliphatic heterocycles. The highest BCUT2D eigenvalue weighted by Crippen LogP contribution is 2.51. The van der Waals surface area contributed by atoms with Crippen molar-refractivity contribution in [1.82, 2.24) is 4.90 Å². The zero-order valence-electron chi connectivity index (χ0n) is 20.8. The molecule has 3 atom stereocenters. The molecule has 2 amide bonds. The molecule has 0 spiro atoms. The van der Waals surface area contributed by atoms with Crippen LogP contribution in [0, 0.1) is 5.92 Å². The Kier molecular flexibility index (Phi) is 7.21. The van der Waals surface area contributed by atoms with Gasteiger partial charge in [-0.05, 0) is 55.2 Å². The lowest BCUT2D eigenvalue weighted by atomic mass is 9.66. The van der Waals surface area contributed by atoms with E-state index in [-0.39, 0.29) is 23.8 Å². The van der Waals surface area contributed by atoms with Gasteiger partial charge < -0.3 is 29.5 Å². The lowest BCUT2D eigenvalue weighted by Crippen LogP contribution is -2.56. The Labute approximate surface area is 206 Å². The van der Waals surface area contributed by atoms with E-state index >= 15 is 0 Å². The number of nitrogens with one attached hydrogen (secondary N) is 1. The number of amides is 2. The molecule has 0 radical (unpaired) electrons. The van der Waals surface area contributed by atoms with E-state index in [9.17, 15) is 14.7 Å². The molecule has 1 saturated heterocycles. The third kappa shape index (κ3) is 4.80. The third-order valence-corrected chi connectivity index (χ3v) is 7.29. The molecule has 2 fully saturated rings. The van der Waals surface area contributed by atoms with E-state index in [0.29, 0.717) is 41.5 Å². The Bertz CT molecular complexity index is 1080. The van der Waals surface area contributed by atoms with Gasteiger partial charge in [-0.1, -0.05) is 18.9 Å². The summed E-state index contributed by atoms with van der Waals surface area (Å²) < 4.78 is 16.7. The second kappa shape index (κ2) is 10.2. The molecule has 0 unspecified atom stereocenters. The fraction of sp³-hybridized carbons (Fsp3) is 0.481. The molecule has 8 nitrogen and oxygen atoms in total. The van der Waals surface area contributed by atoms with Crippen molar-refractivity contribution in [3.05, 3.63) is 47.5 Å². The van der Waals surface area contributed by atoms with Crippen molar-refractivity contribution >= 4 is 17.5 Å². The molecule has 1 heterocycles. The Morgan fingerprint density at radius 2 is 1.74 bits per heavy atom. The summed E-state index contributed by atoms with van der Waals surface area (Å²) in [7, 11) is 4.68. The summed E-state index contributed by atoms with van der Waals surface area (Å²) in [6.45, 7) is 1.85. The van der Waals surface area contributed by atoms with Crippen LogP contribution in [-0.2, 0) is 4.79 Å². The quantitative estimate of drug-likeness (QED) is 0.641. The first-order chi connectivity index (χ1) is 16.8. The summed E-state index contributed by atoms with van der Waals surface area (Å²) in [5.74, 6) is 1.02. The molecule has 35 heavy (non-hydrogen) atoms. The lowest BCUT2D eigenvalue weighted by molar-refractivity contribution is -0.115. The number of piperidine rings is 1. The number of anilines is 1. The Morgan fingerprint density at radius 1 is 1.03 bits per heavy atom. The largest absolute Gasteiger partial charge is 0.493 e. The van der Waals surface area contributed by atoms with Crippen LogP contribution in [0.2, 0.25) is 0 Å². The standard InChI is InChI=1S/C27H34N2O6/c1-17(30)28-20-9-7-8-18(14-20)26(31)29-13-12-27(32)11-6-5-10-21(27)24(29)19-15-22(33-2)25(35-4)23(16-19)34-3/h7-9,14-16,21,24,32H,5-6,10-13H2,1-4H3,(H,28,30)/t21-,24-,27-/m1/s1. The van der Waals surface area contributed by atoms with Gasteiger partial charge in [-0.15, -0.1) is 0 Å². The number of nitrogens with zero attached hydrogens (tertiary/aromatic N) is 1. The molecule has 1 aliphatic carbocycles. The summed E-state index contributed by atoms with van der Waals surface area (Å²) >= 11 is 0. The number of fused-ring (bicyclic) bond motifs is 1. The van der Waals surface area contributed by atoms with Gasteiger partial charge in [0.2, 0.25) is 11.7 Å². The smallest absolute Gasteiger partial charge is 0.254 e. The van der Waals surface area contributed by atoms with E-state index < -0.39 is 5.60 Å². The van der Waals surface area contributed by atoms with E-state index in [0.717, 1.165) is 31.2 Å². The van der Waals surface area contributed by atoms with Crippen LogP contribution in [0.3, 0.4) is 0 Å². The number of likely N-dealkylation sites (tertiary alicyclic amines) is 1. The molecule has 2 aromatic rings. The van der Waals surface area contributed by atoms with Crippen LogP contribution in [-0.4, -0.2) is 55.3 Å². The monoisotopic (exact) mass is 482 g/mol. The average Bonchev–Trinajstić information content (AvgIpc) is 2.86. The molecule has 2 aliphatic rings. The predicted octanol–water partition coefficient (Wildman–Crippen LogP) is 4.18. The number of hydrogen-bond acceptors (Lipinski definition) is 6. The van der Waals surface area contributed by atoms with Gasteiger partial charge in [-0.3, -0.25) is 9.59 Å². The van der Waals surface area contributed by atoms with E-state index in [1.807, 2.05) is 17.0 Å². The van der Waals surface area contributed by atoms with Crippen molar-refractivity contribution in [3.63, 3.8) is 0 Å². The Balaban J connectivity index is 1.80. The van der Waals surface area contributed by atoms with Gasteiger partial charge in [0, 0.05) is 30.6 Å². The van der Waals surface area contributed by atoms with Crippen LogP contribution in [0.4, 0.5) is 5.69 Å². The maximum atomic E-state index is 13.9. The fourth-order valence-electron chi connectivity index (χ4n) is 5.69. The number of carbonyl (C=O) groups is 2. The summed E-state index contributed by atoms with van der Waals surface area (Å²) in [5, 5.41) is 14.4. The van der Waals surface area contributed by atoms with Gasteiger partial charge in [-0.2, -0.15) is 0 Å². The van der Waals surface area contributed by atoms with Crippen LogP contribution in [0.15, 0.2) is 36.4 Å².